The summed E-state index contributed by atoms with van der Waals surface area (Å²) >= 11 is 6.09. The Labute approximate surface area is 143 Å². The van der Waals surface area contributed by atoms with Crippen LogP contribution in [0.5, 0.6) is 0 Å². The summed E-state index contributed by atoms with van der Waals surface area (Å²) in [4.78, 5) is 31.7. The molecule has 5 heteroatoms. The van der Waals surface area contributed by atoms with Gasteiger partial charge in [0.15, 0.2) is 0 Å². The van der Waals surface area contributed by atoms with Crippen LogP contribution in [0.25, 0.3) is 10.9 Å². The van der Waals surface area contributed by atoms with Crippen molar-refractivity contribution in [1.82, 2.24) is 4.98 Å². The van der Waals surface area contributed by atoms with E-state index < -0.39 is 0 Å². The number of para-hydroxylation sites is 1. The Morgan fingerprint density at radius 1 is 0.958 bits per heavy atom. The summed E-state index contributed by atoms with van der Waals surface area (Å²) in [6.45, 7) is 3.62. The molecule has 2 amide bonds. The summed E-state index contributed by atoms with van der Waals surface area (Å²) in [6, 6.07) is 12.5. The van der Waals surface area contributed by atoms with Gasteiger partial charge in [-0.3, -0.25) is 14.6 Å². The third kappa shape index (κ3) is 1.96. The number of aromatic nitrogens is 1. The van der Waals surface area contributed by atoms with Gasteiger partial charge >= 0.3 is 0 Å². The van der Waals surface area contributed by atoms with Gasteiger partial charge in [0.25, 0.3) is 11.8 Å². The van der Waals surface area contributed by atoms with Crippen LogP contribution in [0.2, 0.25) is 5.02 Å². The highest BCUT2D eigenvalue weighted by atomic mass is 35.5. The molecule has 0 unspecified atom stereocenters. The SMILES string of the molecule is Cc1ccccc1N1C(=O)c2c(C)nc3ccc(Cl)cc3c2C1=O. The van der Waals surface area contributed by atoms with Crippen molar-refractivity contribution in [3.63, 3.8) is 0 Å². The van der Waals surface area contributed by atoms with Gasteiger partial charge in [-0.25, -0.2) is 4.90 Å². The van der Waals surface area contributed by atoms with Gasteiger partial charge in [0.1, 0.15) is 0 Å². The lowest BCUT2D eigenvalue weighted by molar-refractivity contribution is 0.0926. The minimum atomic E-state index is -0.337. The lowest BCUT2D eigenvalue weighted by Crippen LogP contribution is -2.30. The van der Waals surface area contributed by atoms with Gasteiger partial charge in [-0.1, -0.05) is 29.8 Å². The number of benzene rings is 2. The van der Waals surface area contributed by atoms with E-state index in [4.69, 9.17) is 11.6 Å². The quantitative estimate of drug-likeness (QED) is 0.622. The van der Waals surface area contributed by atoms with E-state index in [9.17, 15) is 9.59 Å². The first kappa shape index (κ1) is 14.8. The van der Waals surface area contributed by atoms with Crippen LogP contribution >= 0.6 is 11.6 Å². The molecule has 4 nitrogen and oxygen atoms in total. The number of nitrogens with zero attached hydrogens (tertiary/aromatic N) is 2. The van der Waals surface area contributed by atoms with Gasteiger partial charge < -0.3 is 0 Å². The van der Waals surface area contributed by atoms with E-state index in [1.165, 1.54) is 4.90 Å². The fourth-order valence-corrected chi connectivity index (χ4v) is 3.36. The molecule has 1 aromatic heterocycles. The van der Waals surface area contributed by atoms with Crippen molar-refractivity contribution in [3.8, 4) is 0 Å². The maximum Gasteiger partial charge on any atom is 0.268 e. The second-order valence-electron chi connectivity index (χ2n) is 5.84. The predicted molar refractivity (Wildman–Crippen MR) is 93.8 cm³/mol. The first-order valence-corrected chi connectivity index (χ1v) is 7.91. The van der Waals surface area contributed by atoms with Crippen molar-refractivity contribution in [1.29, 1.82) is 0 Å². The Morgan fingerprint density at radius 3 is 2.42 bits per heavy atom. The molecule has 0 radical (unpaired) electrons. The Bertz CT molecular complexity index is 1040. The van der Waals surface area contributed by atoms with Crippen molar-refractivity contribution < 1.29 is 9.59 Å². The number of fused-ring (bicyclic) bond motifs is 3. The molecule has 0 bridgehead atoms. The molecular weight excluding hydrogens is 324 g/mol. The van der Waals surface area contributed by atoms with Crippen LogP contribution in [0.4, 0.5) is 5.69 Å². The zero-order valence-electron chi connectivity index (χ0n) is 13.1. The maximum absolute atomic E-state index is 13.1. The molecule has 0 N–H and O–H groups in total. The van der Waals surface area contributed by atoms with Crippen LogP contribution in [0.1, 0.15) is 32.0 Å². The third-order valence-electron chi connectivity index (χ3n) is 4.32. The average Bonchev–Trinajstić information content (AvgIpc) is 2.81. The van der Waals surface area contributed by atoms with Crippen LogP contribution in [0.3, 0.4) is 0 Å². The Balaban J connectivity index is 2.03. The van der Waals surface area contributed by atoms with Gasteiger partial charge in [0, 0.05) is 10.4 Å². The Hall–Kier alpha value is -2.72. The standard InChI is InChI=1S/C19H13ClN2O2/c1-10-5-3-4-6-15(10)22-18(23)16-11(2)21-14-8-7-12(20)9-13(14)17(16)19(22)24/h3-9H,1-2H3. The average molecular weight is 337 g/mol. The summed E-state index contributed by atoms with van der Waals surface area (Å²) in [5.41, 5.74) is 3.40. The van der Waals surface area contributed by atoms with Crippen LogP contribution in [-0.4, -0.2) is 16.8 Å². The largest absolute Gasteiger partial charge is 0.268 e. The van der Waals surface area contributed by atoms with Crippen molar-refractivity contribution in [2.24, 2.45) is 0 Å². The number of pyridine rings is 1. The summed E-state index contributed by atoms with van der Waals surface area (Å²) in [6.07, 6.45) is 0. The van der Waals surface area contributed by atoms with Crippen molar-refractivity contribution in [3.05, 3.63) is 69.9 Å². The third-order valence-corrected chi connectivity index (χ3v) is 4.55. The zero-order chi connectivity index (χ0) is 17.0. The molecule has 4 rings (SSSR count). The molecule has 24 heavy (non-hydrogen) atoms. The number of aryl methyl sites for hydroxylation is 2. The van der Waals surface area contributed by atoms with Gasteiger partial charge in [0.2, 0.25) is 0 Å². The topological polar surface area (TPSA) is 50.3 Å². The van der Waals surface area contributed by atoms with E-state index in [0.717, 1.165) is 5.56 Å². The fraction of sp³-hybridized carbons (Fsp3) is 0.105. The van der Waals surface area contributed by atoms with E-state index in [1.54, 1.807) is 31.2 Å². The molecule has 2 aromatic carbocycles. The number of hydrogen-bond donors (Lipinski definition) is 0. The molecule has 0 saturated carbocycles. The summed E-state index contributed by atoms with van der Waals surface area (Å²) in [5.74, 6) is -0.668. The normalized spacial score (nSPS) is 13.7. The first-order valence-electron chi connectivity index (χ1n) is 7.53. The lowest BCUT2D eigenvalue weighted by atomic mass is 10.0. The second-order valence-corrected chi connectivity index (χ2v) is 6.28. The minimum absolute atomic E-state index is 0.331. The summed E-state index contributed by atoms with van der Waals surface area (Å²) in [7, 11) is 0. The molecule has 3 aromatic rings. The van der Waals surface area contributed by atoms with Crippen molar-refractivity contribution in [2.45, 2.75) is 13.8 Å². The summed E-state index contributed by atoms with van der Waals surface area (Å²) < 4.78 is 0. The molecular formula is C19H13ClN2O2. The molecule has 0 spiro atoms. The predicted octanol–water partition coefficient (Wildman–Crippen LogP) is 4.31. The number of rotatable bonds is 1. The van der Waals surface area contributed by atoms with E-state index in [2.05, 4.69) is 4.98 Å². The number of carbonyl (C=O) groups excluding carboxylic acids is 2. The zero-order valence-corrected chi connectivity index (χ0v) is 13.9. The number of carbonyl (C=O) groups is 2. The number of imide groups is 1. The first-order chi connectivity index (χ1) is 11.5. The maximum atomic E-state index is 13.1. The molecule has 118 valence electrons. The molecule has 0 saturated heterocycles. The lowest BCUT2D eigenvalue weighted by Gasteiger charge is -2.16. The fourth-order valence-electron chi connectivity index (χ4n) is 3.19. The molecule has 1 aliphatic heterocycles. The van der Waals surface area contributed by atoms with Crippen LogP contribution in [-0.2, 0) is 0 Å². The van der Waals surface area contributed by atoms with Gasteiger partial charge in [0.05, 0.1) is 28.0 Å². The number of halogens is 1. The van der Waals surface area contributed by atoms with Crippen molar-refractivity contribution >= 4 is 40.0 Å². The number of hydrogen-bond acceptors (Lipinski definition) is 3. The highest BCUT2D eigenvalue weighted by molar-refractivity contribution is 6.38. The summed E-state index contributed by atoms with van der Waals surface area (Å²) in [5, 5.41) is 1.11. The smallest absolute Gasteiger partial charge is 0.268 e. The highest BCUT2D eigenvalue weighted by Gasteiger charge is 2.40. The van der Waals surface area contributed by atoms with Gasteiger partial charge in [-0.2, -0.15) is 0 Å². The molecule has 0 fully saturated rings. The molecule has 1 aliphatic rings. The second kappa shape index (κ2) is 5.14. The van der Waals surface area contributed by atoms with Crippen LogP contribution < -0.4 is 4.90 Å². The van der Waals surface area contributed by atoms with E-state index >= 15 is 0 Å². The monoisotopic (exact) mass is 336 g/mol. The molecule has 0 aliphatic carbocycles. The Kier molecular flexibility index (Phi) is 3.18. The number of anilines is 1. The Morgan fingerprint density at radius 2 is 1.67 bits per heavy atom. The molecule has 0 atom stereocenters. The van der Waals surface area contributed by atoms with Crippen molar-refractivity contribution in [2.75, 3.05) is 4.90 Å². The van der Waals surface area contributed by atoms with Gasteiger partial charge in [-0.15, -0.1) is 0 Å². The van der Waals surface area contributed by atoms with E-state index in [1.807, 2.05) is 25.1 Å². The van der Waals surface area contributed by atoms with Crippen LogP contribution in [0.15, 0.2) is 42.5 Å². The minimum Gasteiger partial charge on any atom is -0.268 e. The molecule has 2 heterocycles. The highest BCUT2D eigenvalue weighted by Crippen LogP contribution is 2.36. The van der Waals surface area contributed by atoms with E-state index in [-0.39, 0.29) is 11.8 Å². The van der Waals surface area contributed by atoms with Gasteiger partial charge in [-0.05, 0) is 43.7 Å². The van der Waals surface area contributed by atoms with E-state index in [0.29, 0.717) is 38.4 Å². The number of amides is 2. The van der Waals surface area contributed by atoms with Crippen LogP contribution in [0, 0.1) is 13.8 Å².